The number of ether oxygens (including phenoxy) is 1. The van der Waals surface area contributed by atoms with Gasteiger partial charge in [0.05, 0.1) is 12.2 Å². The largest absolute Gasteiger partial charge is 0.461 e. The van der Waals surface area contributed by atoms with Gasteiger partial charge in [-0.1, -0.05) is 54.6 Å². The minimum atomic E-state index is -0.523. The van der Waals surface area contributed by atoms with Crippen molar-refractivity contribution >= 4 is 28.7 Å². The number of carbonyl (C=O) groups excluding carboxylic acids is 2. The maximum atomic E-state index is 12.7. The Labute approximate surface area is 139 Å². The first-order valence-electron chi connectivity index (χ1n) is 7.76. The fourth-order valence-corrected chi connectivity index (χ4v) is 2.57. The van der Waals surface area contributed by atoms with E-state index in [0.717, 1.165) is 11.1 Å². The van der Waals surface area contributed by atoms with Crippen LogP contribution in [0.25, 0.3) is 17.0 Å². The van der Waals surface area contributed by atoms with Crippen LogP contribution in [0.4, 0.5) is 0 Å². The van der Waals surface area contributed by atoms with Crippen LogP contribution in [0.1, 0.15) is 33.3 Å². The van der Waals surface area contributed by atoms with E-state index in [0.29, 0.717) is 10.9 Å². The van der Waals surface area contributed by atoms with Crippen LogP contribution in [0, 0.1) is 0 Å². The second-order valence-electron chi connectivity index (χ2n) is 5.25. The van der Waals surface area contributed by atoms with Gasteiger partial charge in [-0.05, 0) is 24.6 Å². The maximum Gasteiger partial charge on any atom is 0.355 e. The number of H-pyrrole nitrogens is 1. The zero-order chi connectivity index (χ0) is 16.9. The highest BCUT2D eigenvalue weighted by atomic mass is 16.5. The molecule has 0 saturated heterocycles. The first kappa shape index (κ1) is 15.7. The third kappa shape index (κ3) is 3.13. The topological polar surface area (TPSA) is 59.2 Å². The minimum absolute atomic E-state index is 0.195. The molecule has 0 atom stereocenters. The number of carbonyl (C=O) groups is 2. The number of fused-ring (bicyclic) bond motifs is 1. The van der Waals surface area contributed by atoms with Gasteiger partial charge >= 0.3 is 5.97 Å². The average molecular weight is 319 g/mol. The molecule has 3 aromatic rings. The fourth-order valence-electron chi connectivity index (χ4n) is 2.57. The molecule has 0 spiro atoms. The number of para-hydroxylation sites is 1. The molecule has 1 aromatic heterocycles. The second kappa shape index (κ2) is 6.96. The smallest absolute Gasteiger partial charge is 0.355 e. The van der Waals surface area contributed by atoms with Crippen LogP contribution < -0.4 is 0 Å². The number of allylic oxidation sites excluding steroid dienone is 1. The zero-order valence-corrected chi connectivity index (χ0v) is 13.3. The summed E-state index contributed by atoms with van der Waals surface area (Å²) >= 11 is 0. The highest BCUT2D eigenvalue weighted by Crippen LogP contribution is 2.24. The van der Waals surface area contributed by atoms with Crippen LogP contribution in [0.3, 0.4) is 0 Å². The summed E-state index contributed by atoms with van der Waals surface area (Å²) in [7, 11) is 0. The molecule has 0 aliphatic rings. The first-order chi connectivity index (χ1) is 11.7. The summed E-state index contributed by atoms with van der Waals surface area (Å²) in [5.41, 5.74) is 2.19. The predicted molar refractivity (Wildman–Crippen MR) is 94.1 cm³/mol. The van der Waals surface area contributed by atoms with Gasteiger partial charge < -0.3 is 9.72 Å². The Kier molecular flexibility index (Phi) is 4.57. The van der Waals surface area contributed by atoms with E-state index in [9.17, 15) is 9.59 Å². The van der Waals surface area contributed by atoms with Crippen molar-refractivity contribution in [2.45, 2.75) is 6.92 Å². The third-order valence-corrected chi connectivity index (χ3v) is 3.66. The van der Waals surface area contributed by atoms with Crippen LogP contribution in [0.5, 0.6) is 0 Å². The van der Waals surface area contributed by atoms with E-state index in [1.807, 2.05) is 54.6 Å². The highest BCUT2D eigenvalue weighted by Gasteiger charge is 2.22. The van der Waals surface area contributed by atoms with Crippen LogP contribution >= 0.6 is 0 Å². The predicted octanol–water partition coefficient (Wildman–Crippen LogP) is 4.24. The van der Waals surface area contributed by atoms with Crippen molar-refractivity contribution in [2.24, 2.45) is 0 Å². The van der Waals surface area contributed by atoms with Crippen molar-refractivity contribution < 1.29 is 14.3 Å². The number of aromatic amines is 1. The van der Waals surface area contributed by atoms with Crippen LogP contribution in [0.15, 0.2) is 60.7 Å². The lowest BCUT2D eigenvalue weighted by molar-refractivity contribution is 0.0518. The lowest BCUT2D eigenvalue weighted by atomic mass is 10.0. The van der Waals surface area contributed by atoms with Gasteiger partial charge in [0, 0.05) is 10.9 Å². The van der Waals surface area contributed by atoms with Gasteiger partial charge in [0.25, 0.3) is 0 Å². The molecule has 4 nitrogen and oxygen atoms in total. The number of aromatic nitrogens is 1. The number of hydrogen-bond acceptors (Lipinski definition) is 3. The van der Waals surface area contributed by atoms with Crippen molar-refractivity contribution in [1.29, 1.82) is 0 Å². The van der Waals surface area contributed by atoms with Crippen molar-refractivity contribution in [3.63, 3.8) is 0 Å². The molecule has 3 rings (SSSR count). The molecule has 0 saturated carbocycles. The zero-order valence-electron chi connectivity index (χ0n) is 13.3. The molecule has 0 aliphatic carbocycles. The molecule has 0 amide bonds. The number of hydrogen-bond donors (Lipinski definition) is 1. The molecule has 0 aliphatic heterocycles. The summed E-state index contributed by atoms with van der Waals surface area (Å²) in [6.45, 7) is 1.99. The van der Waals surface area contributed by atoms with Gasteiger partial charge in [-0.3, -0.25) is 4.79 Å². The van der Waals surface area contributed by atoms with Crippen molar-refractivity contribution in [2.75, 3.05) is 6.61 Å². The normalized spacial score (nSPS) is 11.0. The number of esters is 1. The monoisotopic (exact) mass is 319 g/mol. The number of nitrogens with one attached hydrogen (secondary N) is 1. The maximum absolute atomic E-state index is 12.7. The Hall–Kier alpha value is -3.14. The Morgan fingerprint density at radius 3 is 2.50 bits per heavy atom. The second-order valence-corrected chi connectivity index (χ2v) is 5.25. The molecule has 120 valence electrons. The van der Waals surface area contributed by atoms with Gasteiger partial charge in [0.15, 0.2) is 5.78 Å². The minimum Gasteiger partial charge on any atom is -0.461 e. The highest BCUT2D eigenvalue weighted by molar-refractivity contribution is 6.20. The molecular weight excluding hydrogens is 302 g/mol. The van der Waals surface area contributed by atoms with Crippen LogP contribution in [-0.2, 0) is 4.74 Å². The Morgan fingerprint density at radius 1 is 1.04 bits per heavy atom. The lowest BCUT2D eigenvalue weighted by Crippen LogP contribution is -2.10. The Balaban J connectivity index is 2.03. The molecule has 24 heavy (non-hydrogen) atoms. The summed E-state index contributed by atoms with van der Waals surface area (Å²) in [6.07, 6.45) is 3.21. The number of rotatable bonds is 5. The summed E-state index contributed by atoms with van der Waals surface area (Å²) in [6, 6.07) is 16.9. The summed E-state index contributed by atoms with van der Waals surface area (Å²) in [5, 5.41) is 0.711. The standard InChI is InChI=1S/C20H17NO3/c1-2-24-20(23)19-18(15-10-6-7-11-16(15)21-19)17(22)13-12-14-8-4-3-5-9-14/h3-13,21H,2H2,1H3/b13-12+. The van der Waals surface area contributed by atoms with Gasteiger partial charge in [-0.2, -0.15) is 0 Å². The van der Waals surface area contributed by atoms with Gasteiger partial charge in [-0.15, -0.1) is 0 Å². The summed E-state index contributed by atoms with van der Waals surface area (Å²) in [4.78, 5) is 27.9. The van der Waals surface area contributed by atoms with Crippen LogP contribution in [-0.4, -0.2) is 23.3 Å². The molecule has 2 aromatic carbocycles. The number of benzene rings is 2. The van der Waals surface area contributed by atoms with Crippen molar-refractivity contribution in [3.05, 3.63) is 77.5 Å². The van der Waals surface area contributed by atoms with E-state index in [1.165, 1.54) is 6.08 Å². The van der Waals surface area contributed by atoms with Crippen molar-refractivity contribution in [1.82, 2.24) is 4.98 Å². The van der Waals surface area contributed by atoms with Gasteiger partial charge in [-0.25, -0.2) is 4.79 Å². The molecule has 1 N–H and O–H groups in total. The van der Waals surface area contributed by atoms with E-state index < -0.39 is 5.97 Å². The lowest BCUT2D eigenvalue weighted by Gasteiger charge is -2.02. The molecular formula is C20H17NO3. The van der Waals surface area contributed by atoms with Crippen molar-refractivity contribution in [3.8, 4) is 0 Å². The Bertz CT molecular complexity index is 907. The van der Waals surface area contributed by atoms with E-state index in [-0.39, 0.29) is 18.1 Å². The average Bonchev–Trinajstić information content (AvgIpc) is 3.00. The first-order valence-corrected chi connectivity index (χ1v) is 7.76. The quantitative estimate of drug-likeness (QED) is 0.435. The number of ketones is 1. The summed E-state index contributed by atoms with van der Waals surface area (Å²) < 4.78 is 5.06. The molecule has 1 heterocycles. The third-order valence-electron chi connectivity index (χ3n) is 3.66. The van der Waals surface area contributed by atoms with E-state index in [1.54, 1.807) is 13.0 Å². The summed E-state index contributed by atoms with van der Waals surface area (Å²) in [5.74, 6) is -0.760. The SMILES string of the molecule is CCOC(=O)c1[nH]c2ccccc2c1C(=O)/C=C/c1ccccc1. The van der Waals surface area contributed by atoms with Gasteiger partial charge in [0.1, 0.15) is 5.69 Å². The van der Waals surface area contributed by atoms with E-state index >= 15 is 0 Å². The molecule has 4 heteroatoms. The van der Waals surface area contributed by atoms with E-state index in [4.69, 9.17) is 4.74 Å². The fraction of sp³-hybridized carbons (Fsp3) is 0.100. The van der Waals surface area contributed by atoms with E-state index in [2.05, 4.69) is 4.98 Å². The molecule has 0 fully saturated rings. The Morgan fingerprint density at radius 2 is 1.75 bits per heavy atom. The molecule has 0 unspecified atom stereocenters. The molecule has 0 bridgehead atoms. The molecule has 0 radical (unpaired) electrons. The van der Waals surface area contributed by atoms with Crippen LogP contribution in [0.2, 0.25) is 0 Å². The van der Waals surface area contributed by atoms with Gasteiger partial charge in [0.2, 0.25) is 0 Å².